The molecule has 1 fully saturated rings. The molecule has 1 aliphatic rings. The van der Waals surface area contributed by atoms with Gasteiger partial charge in [0.05, 0.1) is 12.3 Å². The van der Waals surface area contributed by atoms with Crippen LogP contribution in [0.2, 0.25) is 0 Å². The van der Waals surface area contributed by atoms with Crippen LogP contribution in [0.15, 0.2) is 6.07 Å². The summed E-state index contributed by atoms with van der Waals surface area (Å²) in [6.45, 7) is 0.490. The third-order valence-electron chi connectivity index (χ3n) is 3.54. The highest BCUT2D eigenvalue weighted by molar-refractivity contribution is 5.36. The SMILES string of the molecule is CNc1cc(COC)nc(C2(OC)CCCC2)n1. The van der Waals surface area contributed by atoms with E-state index in [0.717, 1.165) is 30.2 Å². The largest absolute Gasteiger partial charge is 0.378 e. The molecule has 100 valence electrons. The molecule has 0 unspecified atom stereocenters. The molecule has 1 saturated carbocycles. The first-order valence-electron chi connectivity index (χ1n) is 6.34. The Labute approximate surface area is 108 Å². The van der Waals surface area contributed by atoms with E-state index in [1.165, 1.54) is 12.8 Å². The summed E-state index contributed by atoms with van der Waals surface area (Å²) in [7, 11) is 5.27. The van der Waals surface area contributed by atoms with Crippen molar-refractivity contribution in [2.24, 2.45) is 0 Å². The van der Waals surface area contributed by atoms with Crippen LogP contribution in [-0.2, 0) is 21.7 Å². The molecule has 0 amide bonds. The van der Waals surface area contributed by atoms with Crippen LogP contribution in [0.1, 0.15) is 37.2 Å². The van der Waals surface area contributed by atoms with Gasteiger partial charge in [-0.3, -0.25) is 0 Å². The molecule has 1 aromatic rings. The van der Waals surface area contributed by atoms with Crippen molar-refractivity contribution in [3.8, 4) is 0 Å². The normalized spacial score (nSPS) is 17.9. The smallest absolute Gasteiger partial charge is 0.162 e. The van der Waals surface area contributed by atoms with Crippen molar-refractivity contribution in [1.29, 1.82) is 0 Å². The number of hydrogen-bond acceptors (Lipinski definition) is 5. The van der Waals surface area contributed by atoms with E-state index >= 15 is 0 Å². The fraction of sp³-hybridized carbons (Fsp3) is 0.692. The number of aromatic nitrogens is 2. The molecule has 5 nitrogen and oxygen atoms in total. The first-order chi connectivity index (χ1) is 8.74. The fourth-order valence-corrected chi connectivity index (χ4v) is 2.52. The molecule has 0 aliphatic heterocycles. The zero-order chi connectivity index (χ0) is 13.0. The monoisotopic (exact) mass is 251 g/mol. The van der Waals surface area contributed by atoms with E-state index in [-0.39, 0.29) is 5.60 Å². The lowest BCUT2D eigenvalue weighted by atomic mass is 10.0. The lowest BCUT2D eigenvalue weighted by Gasteiger charge is -2.26. The van der Waals surface area contributed by atoms with Crippen LogP contribution < -0.4 is 5.32 Å². The number of ether oxygens (including phenoxy) is 2. The second-order valence-corrected chi connectivity index (χ2v) is 4.66. The van der Waals surface area contributed by atoms with Gasteiger partial charge < -0.3 is 14.8 Å². The Morgan fingerprint density at radius 2 is 2.00 bits per heavy atom. The van der Waals surface area contributed by atoms with E-state index in [1.807, 2.05) is 13.1 Å². The molecule has 0 atom stereocenters. The number of hydrogen-bond donors (Lipinski definition) is 1. The van der Waals surface area contributed by atoms with E-state index in [0.29, 0.717) is 6.61 Å². The minimum atomic E-state index is -0.310. The molecule has 1 aromatic heterocycles. The average molecular weight is 251 g/mol. The summed E-state index contributed by atoms with van der Waals surface area (Å²) in [5, 5.41) is 3.07. The van der Waals surface area contributed by atoms with Crippen LogP contribution in [0, 0.1) is 0 Å². The molecule has 1 heterocycles. The first kappa shape index (κ1) is 13.2. The van der Waals surface area contributed by atoms with Gasteiger partial charge in [-0.2, -0.15) is 0 Å². The molecule has 5 heteroatoms. The van der Waals surface area contributed by atoms with Crippen LogP contribution in [-0.4, -0.2) is 31.2 Å². The predicted molar refractivity (Wildman–Crippen MR) is 69.4 cm³/mol. The van der Waals surface area contributed by atoms with Crippen molar-refractivity contribution in [2.45, 2.75) is 37.9 Å². The molecule has 0 spiro atoms. The number of nitrogens with zero attached hydrogens (tertiary/aromatic N) is 2. The Bertz CT molecular complexity index is 403. The third-order valence-corrected chi connectivity index (χ3v) is 3.54. The van der Waals surface area contributed by atoms with Crippen molar-refractivity contribution in [1.82, 2.24) is 9.97 Å². The molecular formula is C13H21N3O2. The van der Waals surface area contributed by atoms with Gasteiger partial charge in [-0.25, -0.2) is 9.97 Å². The number of methoxy groups -OCH3 is 2. The van der Waals surface area contributed by atoms with Crippen molar-refractivity contribution >= 4 is 5.82 Å². The van der Waals surface area contributed by atoms with Crippen LogP contribution in [0.5, 0.6) is 0 Å². The van der Waals surface area contributed by atoms with Gasteiger partial charge in [0.15, 0.2) is 5.82 Å². The summed E-state index contributed by atoms with van der Waals surface area (Å²) in [5.74, 6) is 1.59. The van der Waals surface area contributed by atoms with Gasteiger partial charge in [0.25, 0.3) is 0 Å². The molecule has 0 aromatic carbocycles. The summed E-state index contributed by atoms with van der Waals surface area (Å²) in [6.07, 6.45) is 4.31. The van der Waals surface area contributed by atoms with Gasteiger partial charge in [0, 0.05) is 27.3 Å². The van der Waals surface area contributed by atoms with Gasteiger partial charge in [-0.15, -0.1) is 0 Å². The molecular weight excluding hydrogens is 230 g/mol. The Balaban J connectivity index is 2.38. The van der Waals surface area contributed by atoms with Crippen LogP contribution in [0.25, 0.3) is 0 Å². The van der Waals surface area contributed by atoms with E-state index in [1.54, 1.807) is 14.2 Å². The fourth-order valence-electron chi connectivity index (χ4n) is 2.52. The van der Waals surface area contributed by atoms with Crippen molar-refractivity contribution in [2.75, 3.05) is 26.6 Å². The number of rotatable bonds is 5. The van der Waals surface area contributed by atoms with E-state index < -0.39 is 0 Å². The topological polar surface area (TPSA) is 56.3 Å². The molecule has 2 rings (SSSR count). The summed E-state index contributed by atoms with van der Waals surface area (Å²) in [4.78, 5) is 9.15. The summed E-state index contributed by atoms with van der Waals surface area (Å²) in [6, 6.07) is 1.91. The first-order valence-corrected chi connectivity index (χ1v) is 6.34. The highest BCUT2D eigenvalue weighted by Gasteiger charge is 2.38. The van der Waals surface area contributed by atoms with Crippen LogP contribution in [0.3, 0.4) is 0 Å². The van der Waals surface area contributed by atoms with Crippen LogP contribution in [0.4, 0.5) is 5.82 Å². The molecule has 18 heavy (non-hydrogen) atoms. The number of anilines is 1. The molecule has 1 aliphatic carbocycles. The highest BCUT2D eigenvalue weighted by atomic mass is 16.5. The Morgan fingerprint density at radius 1 is 1.28 bits per heavy atom. The standard InChI is InChI=1S/C13H21N3O2/c1-14-11-8-10(9-17-2)15-12(16-11)13(18-3)6-4-5-7-13/h8H,4-7,9H2,1-3H3,(H,14,15,16). The third kappa shape index (κ3) is 2.47. The van der Waals surface area contributed by atoms with E-state index in [9.17, 15) is 0 Å². The lowest BCUT2D eigenvalue weighted by Crippen LogP contribution is -2.28. The highest BCUT2D eigenvalue weighted by Crippen LogP contribution is 2.40. The maximum Gasteiger partial charge on any atom is 0.162 e. The van der Waals surface area contributed by atoms with Crippen molar-refractivity contribution in [3.63, 3.8) is 0 Å². The van der Waals surface area contributed by atoms with Gasteiger partial charge in [-0.1, -0.05) is 0 Å². The molecule has 0 saturated heterocycles. The van der Waals surface area contributed by atoms with E-state index in [4.69, 9.17) is 9.47 Å². The second kappa shape index (κ2) is 5.63. The zero-order valence-corrected chi connectivity index (χ0v) is 11.3. The Hall–Kier alpha value is -1.20. The van der Waals surface area contributed by atoms with Gasteiger partial charge >= 0.3 is 0 Å². The van der Waals surface area contributed by atoms with E-state index in [2.05, 4.69) is 15.3 Å². The Kier molecular flexibility index (Phi) is 4.14. The lowest BCUT2D eigenvalue weighted by molar-refractivity contribution is -0.0165. The average Bonchev–Trinajstić information content (AvgIpc) is 2.88. The summed E-state index contributed by atoms with van der Waals surface area (Å²) >= 11 is 0. The quantitative estimate of drug-likeness (QED) is 0.868. The predicted octanol–water partition coefficient (Wildman–Crippen LogP) is 2.08. The van der Waals surface area contributed by atoms with Crippen molar-refractivity contribution in [3.05, 3.63) is 17.6 Å². The second-order valence-electron chi connectivity index (χ2n) is 4.66. The minimum absolute atomic E-state index is 0.310. The molecule has 0 bridgehead atoms. The number of nitrogens with one attached hydrogen (secondary N) is 1. The summed E-state index contributed by atoms with van der Waals surface area (Å²) in [5.41, 5.74) is 0.574. The van der Waals surface area contributed by atoms with Gasteiger partial charge in [0.1, 0.15) is 11.4 Å². The summed E-state index contributed by atoms with van der Waals surface area (Å²) < 4.78 is 10.9. The van der Waals surface area contributed by atoms with Crippen LogP contribution >= 0.6 is 0 Å². The zero-order valence-electron chi connectivity index (χ0n) is 11.3. The molecule has 1 N–H and O–H groups in total. The molecule has 0 radical (unpaired) electrons. The minimum Gasteiger partial charge on any atom is -0.378 e. The van der Waals surface area contributed by atoms with Crippen molar-refractivity contribution < 1.29 is 9.47 Å². The van der Waals surface area contributed by atoms with Gasteiger partial charge in [0.2, 0.25) is 0 Å². The van der Waals surface area contributed by atoms with Gasteiger partial charge in [-0.05, 0) is 25.7 Å². The maximum absolute atomic E-state index is 5.72. The maximum atomic E-state index is 5.72. The Morgan fingerprint density at radius 3 is 2.56 bits per heavy atom.